The third kappa shape index (κ3) is 1.35. The minimum Gasteiger partial charge on any atom is -0.332 e. The largest absolute Gasteiger partial charge is 0.332 e. The van der Waals surface area contributed by atoms with Crippen molar-refractivity contribution in [1.82, 2.24) is 9.55 Å². The van der Waals surface area contributed by atoms with E-state index in [1.807, 2.05) is 7.05 Å². The van der Waals surface area contributed by atoms with E-state index in [-0.39, 0.29) is 5.78 Å². The fourth-order valence-electron chi connectivity index (χ4n) is 2.04. The molecule has 2 rings (SSSR count). The molecular weight excluding hydrogens is 178 g/mol. The zero-order valence-corrected chi connectivity index (χ0v) is 8.36. The highest BCUT2D eigenvalue weighted by atomic mass is 16.1. The van der Waals surface area contributed by atoms with Crippen LogP contribution < -0.4 is 5.73 Å². The second kappa shape index (κ2) is 3.20. The van der Waals surface area contributed by atoms with Crippen LogP contribution in [0, 0.1) is 0 Å². The van der Waals surface area contributed by atoms with Crippen molar-refractivity contribution in [1.29, 1.82) is 0 Å². The molecule has 76 valence electrons. The summed E-state index contributed by atoms with van der Waals surface area (Å²) in [4.78, 5) is 16.1. The molecule has 1 fully saturated rings. The van der Waals surface area contributed by atoms with Gasteiger partial charge in [-0.3, -0.25) is 4.79 Å². The first-order valence-corrected chi connectivity index (χ1v) is 4.94. The van der Waals surface area contributed by atoms with Crippen LogP contribution in [0.2, 0.25) is 0 Å². The van der Waals surface area contributed by atoms with E-state index in [1.54, 1.807) is 17.0 Å². The molecule has 2 N–H and O–H groups in total. The van der Waals surface area contributed by atoms with Crippen LogP contribution in [-0.2, 0) is 7.05 Å². The molecule has 1 aliphatic carbocycles. The number of hydrogen-bond acceptors (Lipinski definition) is 3. The molecule has 0 aromatic carbocycles. The van der Waals surface area contributed by atoms with Gasteiger partial charge in [0.25, 0.3) is 0 Å². The smallest absolute Gasteiger partial charge is 0.217 e. The highest BCUT2D eigenvalue weighted by Gasteiger charge is 2.39. The van der Waals surface area contributed by atoms with Gasteiger partial charge in [0.2, 0.25) is 5.78 Å². The van der Waals surface area contributed by atoms with Crippen LogP contribution in [0.15, 0.2) is 12.4 Å². The Balaban J connectivity index is 2.28. The summed E-state index contributed by atoms with van der Waals surface area (Å²) in [6, 6.07) is 0. The number of Topliss-reactive ketones (excluding diaryl/α,β-unsaturated/α-hetero) is 1. The predicted octanol–water partition coefficient (Wildman–Crippen LogP) is 0.874. The Bertz CT molecular complexity index is 350. The lowest BCUT2D eigenvalue weighted by Crippen LogP contribution is -2.46. The lowest BCUT2D eigenvalue weighted by molar-refractivity contribution is 0.0878. The molecule has 0 spiro atoms. The maximum Gasteiger partial charge on any atom is 0.217 e. The van der Waals surface area contributed by atoms with Gasteiger partial charge >= 0.3 is 0 Å². The molecule has 0 unspecified atom stereocenters. The Morgan fingerprint density at radius 2 is 2.21 bits per heavy atom. The number of carbonyl (C=O) groups is 1. The van der Waals surface area contributed by atoms with E-state index in [2.05, 4.69) is 4.98 Å². The van der Waals surface area contributed by atoms with E-state index in [9.17, 15) is 4.79 Å². The van der Waals surface area contributed by atoms with Crippen molar-refractivity contribution in [3.05, 3.63) is 18.2 Å². The highest BCUT2D eigenvalue weighted by Crippen LogP contribution is 2.29. The highest BCUT2D eigenvalue weighted by molar-refractivity contribution is 6.00. The van der Waals surface area contributed by atoms with Crippen LogP contribution in [0.3, 0.4) is 0 Å². The van der Waals surface area contributed by atoms with Crippen molar-refractivity contribution < 1.29 is 4.79 Å². The van der Waals surface area contributed by atoms with Gasteiger partial charge in [-0.15, -0.1) is 0 Å². The maximum absolute atomic E-state index is 12.0. The van der Waals surface area contributed by atoms with Crippen molar-refractivity contribution in [2.45, 2.75) is 31.2 Å². The number of ketones is 1. The monoisotopic (exact) mass is 193 g/mol. The first kappa shape index (κ1) is 9.40. The van der Waals surface area contributed by atoms with Gasteiger partial charge in [-0.25, -0.2) is 4.98 Å². The number of imidazole rings is 1. The van der Waals surface area contributed by atoms with Crippen molar-refractivity contribution in [3.63, 3.8) is 0 Å². The van der Waals surface area contributed by atoms with Crippen molar-refractivity contribution in [2.24, 2.45) is 12.8 Å². The lowest BCUT2D eigenvalue weighted by atomic mass is 9.93. The van der Waals surface area contributed by atoms with Gasteiger partial charge < -0.3 is 10.3 Å². The summed E-state index contributed by atoms with van der Waals surface area (Å²) in [5, 5.41) is 0. The number of nitrogens with zero attached hydrogens (tertiary/aromatic N) is 2. The number of nitrogens with two attached hydrogens (primary N) is 1. The summed E-state index contributed by atoms with van der Waals surface area (Å²) >= 11 is 0. The molecule has 0 atom stereocenters. The molecule has 1 saturated carbocycles. The van der Waals surface area contributed by atoms with Crippen LogP contribution in [0.5, 0.6) is 0 Å². The Morgan fingerprint density at radius 3 is 2.71 bits per heavy atom. The maximum atomic E-state index is 12.0. The van der Waals surface area contributed by atoms with Crippen LogP contribution in [0.25, 0.3) is 0 Å². The van der Waals surface area contributed by atoms with E-state index in [4.69, 9.17) is 5.73 Å². The molecule has 0 amide bonds. The van der Waals surface area contributed by atoms with Crippen LogP contribution in [0.4, 0.5) is 0 Å². The Kier molecular flexibility index (Phi) is 2.15. The van der Waals surface area contributed by atoms with Gasteiger partial charge in [-0.05, 0) is 12.8 Å². The van der Waals surface area contributed by atoms with E-state index in [0.29, 0.717) is 5.82 Å². The standard InChI is InChI=1S/C10H15N3O/c1-13-7-6-12-9(13)8(14)10(11)4-2-3-5-10/h6-7H,2-5,11H2,1H3. The van der Waals surface area contributed by atoms with Gasteiger partial charge in [0.15, 0.2) is 5.82 Å². The summed E-state index contributed by atoms with van der Waals surface area (Å²) in [6.45, 7) is 0. The van der Waals surface area contributed by atoms with Crippen molar-refractivity contribution >= 4 is 5.78 Å². The number of carbonyl (C=O) groups excluding carboxylic acids is 1. The van der Waals surface area contributed by atoms with Crippen LogP contribution in [-0.4, -0.2) is 20.9 Å². The van der Waals surface area contributed by atoms with Gasteiger partial charge in [0.1, 0.15) is 0 Å². The molecule has 1 aromatic heterocycles. The number of aromatic nitrogens is 2. The van der Waals surface area contributed by atoms with Gasteiger partial charge in [0.05, 0.1) is 5.54 Å². The minimum absolute atomic E-state index is 0.0116. The van der Waals surface area contributed by atoms with Gasteiger partial charge in [-0.1, -0.05) is 12.8 Å². The molecular formula is C10H15N3O. The Morgan fingerprint density at radius 1 is 1.57 bits per heavy atom. The fraction of sp³-hybridized carbons (Fsp3) is 0.600. The van der Waals surface area contributed by atoms with Crippen molar-refractivity contribution in [2.75, 3.05) is 0 Å². The Labute approximate surface area is 83.1 Å². The average Bonchev–Trinajstić information content (AvgIpc) is 2.74. The topological polar surface area (TPSA) is 60.9 Å². The van der Waals surface area contributed by atoms with E-state index >= 15 is 0 Å². The zero-order valence-electron chi connectivity index (χ0n) is 8.36. The molecule has 0 bridgehead atoms. The van der Waals surface area contributed by atoms with Crippen LogP contribution in [0.1, 0.15) is 36.3 Å². The van der Waals surface area contributed by atoms with Gasteiger partial charge in [0, 0.05) is 19.4 Å². The first-order chi connectivity index (χ1) is 6.63. The third-order valence-electron chi connectivity index (χ3n) is 2.97. The Hall–Kier alpha value is -1.16. The summed E-state index contributed by atoms with van der Waals surface area (Å²) in [5.41, 5.74) is 5.41. The van der Waals surface area contributed by atoms with Crippen LogP contribution >= 0.6 is 0 Å². The molecule has 0 saturated heterocycles. The lowest BCUT2D eigenvalue weighted by Gasteiger charge is -2.20. The molecule has 0 aliphatic heterocycles. The number of rotatable bonds is 2. The number of aryl methyl sites for hydroxylation is 1. The van der Waals surface area contributed by atoms with E-state index < -0.39 is 5.54 Å². The molecule has 1 aliphatic rings. The fourth-order valence-corrected chi connectivity index (χ4v) is 2.04. The molecule has 1 aromatic rings. The quantitative estimate of drug-likeness (QED) is 0.709. The third-order valence-corrected chi connectivity index (χ3v) is 2.97. The SMILES string of the molecule is Cn1ccnc1C(=O)C1(N)CCCC1. The normalized spacial score (nSPS) is 19.9. The van der Waals surface area contributed by atoms with Gasteiger partial charge in [-0.2, -0.15) is 0 Å². The zero-order chi connectivity index (χ0) is 10.2. The summed E-state index contributed by atoms with van der Waals surface area (Å²) < 4.78 is 1.73. The summed E-state index contributed by atoms with van der Waals surface area (Å²) in [6.07, 6.45) is 7.08. The minimum atomic E-state index is -0.654. The second-order valence-corrected chi connectivity index (χ2v) is 4.05. The number of hydrogen-bond donors (Lipinski definition) is 1. The average molecular weight is 193 g/mol. The first-order valence-electron chi connectivity index (χ1n) is 4.94. The predicted molar refractivity (Wildman–Crippen MR) is 52.9 cm³/mol. The molecule has 1 heterocycles. The van der Waals surface area contributed by atoms with E-state index in [0.717, 1.165) is 25.7 Å². The summed E-state index contributed by atoms with van der Waals surface area (Å²) in [7, 11) is 1.82. The van der Waals surface area contributed by atoms with E-state index in [1.165, 1.54) is 0 Å². The van der Waals surface area contributed by atoms with Crippen molar-refractivity contribution in [3.8, 4) is 0 Å². The molecule has 0 radical (unpaired) electrons. The summed E-state index contributed by atoms with van der Waals surface area (Å²) in [5.74, 6) is 0.469. The molecule has 4 heteroatoms. The second-order valence-electron chi connectivity index (χ2n) is 4.05. The molecule has 4 nitrogen and oxygen atoms in total. The molecule has 14 heavy (non-hydrogen) atoms.